The van der Waals surface area contributed by atoms with Crippen molar-refractivity contribution >= 4 is 27.3 Å². The van der Waals surface area contributed by atoms with Crippen molar-refractivity contribution in [1.29, 1.82) is 0 Å². The fourth-order valence-corrected chi connectivity index (χ4v) is 2.39. The molecule has 0 aliphatic heterocycles. The number of halogens is 1. The molecule has 0 saturated heterocycles. The molecule has 0 aliphatic carbocycles. The third-order valence-corrected chi connectivity index (χ3v) is 3.38. The Morgan fingerprint density at radius 3 is 2.59 bits per heavy atom. The van der Waals surface area contributed by atoms with Crippen molar-refractivity contribution < 1.29 is 0 Å². The molecule has 0 saturated carbocycles. The van der Waals surface area contributed by atoms with Gasteiger partial charge in [-0.15, -0.1) is 0 Å². The number of benzene rings is 1. The van der Waals surface area contributed by atoms with Gasteiger partial charge < -0.3 is 4.90 Å². The first-order chi connectivity index (χ1) is 8.24. The van der Waals surface area contributed by atoms with Gasteiger partial charge in [0, 0.05) is 24.6 Å². The average Bonchev–Trinajstić information content (AvgIpc) is 2.34. The standard InChI is InChI=1S/C14H15BrN2/c1-3-17(13-7-5-4-6-11(13)2)14-8-9-16-10-12(14)15/h4-10H,3H2,1-2H3. The molecular formula is C14H15BrN2. The number of nitrogens with zero attached hydrogens (tertiary/aromatic N) is 2. The third kappa shape index (κ3) is 2.50. The molecule has 0 atom stereocenters. The minimum Gasteiger partial charge on any atom is -0.341 e. The minimum atomic E-state index is 0.924. The summed E-state index contributed by atoms with van der Waals surface area (Å²) in [6.07, 6.45) is 3.65. The van der Waals surface area contributed by atoms with Crippen molar-refractivity contribution in [3.63, 3.8) is 0 Å². The highest BCUT2D eigenvalue weighted by Crippen LogP contribution is 2.32. The van der Waals surface area contributed by atoms with Gasteiger partial charge >= 0.3 is 0 Å². The lowest BCUT2D eigenvalue weighted by molar-refractivity contribution is 1.01. The molecule has 0 fully saturated rings. The summed E-state index contributed by atoms with van der Waals surface area (Å²) in [6.45, 7) is 5.21. The van der Waals surface area contributed by atoms with Crippen LogP contribution in [-0.2, 0) is 0 Å². The number of hydrogen-bond donors (Lipinski definition) is 0. The van der Waals surface area contributed by atoms with Crippen LogP contribution in [0, 0.1) is 6.92 Å². The van der Waals surface area contributed by atoms with Crippen molar-refractivity contribution in [1.82, 2.24) is 4.98 Å². The normalized spacial score (nSPS) is 10.3. The van der Waals surface area contributed by atoms with Crippen LogP contribution in [0.4, 0.5) is 11.4 Å². The predicted molar refractivity (Wildman–Crippen MR) is 75.8 cm³/mol. The highest BCUT2D eigenvalue weighted by atomic mass is 79.9. The maximum Gasteiger partial charge on any atom is 0.0595 e. The molecule has 0 bridgehead atoms. The number of aryl methyl sites for hydroxylation is 1. The van der Waals surface area contributed by atoms with Crippen molar-refractivity contribution in [2.75, 3.05) is 11.4 Å². The monoisotopic (exact) mass is 290 g/mol. The number of aromatic nitrogens is 1. The summed E-state index contributed by atoms with van der Waals surface area (Å²) < 4.78 is 1.02. The molecule has 3 heteroatoms. The van der Waals surface area contributed by atoms with Gasteiger partial charge in [-0.05, 0) is 47.5 Å². The molecule has 0 spiro atoms. The summed E-state index contributed by atoms with van der Waals surface area (Å²) in [7, 11) is 0. The van der Waals surface area contributed by atoms with Gasteiger partial charge in [0.15, 0.2) is 0 Å². The van der Waals surface area contributed by atoms with E-state index in [0.29, 0.717) is 0 Å². The molecule has 0 radical (unpaired) electrons. The van der Waals surface area contributed by atoms with Crippen LogP contribution in [0.15, 0.2) is 47.2 Å². The van der Waals surface area contributed by atoms with E-state index in [1.165, 1.54) is 11.3 Å². The Morgan fingerprint density at radius 2 is 1.94 bits per heavy atom. The second-order valence-electron chi connectivity index (χ2n) is 3.86. The molecule has 2 aromatic rings. The zero-order valence-corrected chi connectivity index (χ0v) is 11.6. The van der Waals surface area contributed by atoms with E-state index in [0.717, 1.165) is 16.7 Å². The summed E-state index contributed by atoms with van der Waals surface area (Å²) >= 11 is 3.56. The van der Waals surface area contributed by atoms with Crippen LogP contribution in [0.1, 0.15) is 12.5 Å². The van der Waals surface area contributed by atoms with E-state index in [1.54, 1.807) is 0 Å². The highest BCUT2D eigenvalue weighted by Gasteiger charge is 2.11. The molecule has 88 valence electrons. The fourth-order valence-electron chi connectivity index (χ4n) is 1.92. The first-order valence-electron chi connectivity index (χ1n) is 5.66. The lowest BCUT2D eigenvalue weighted by atomic mass is 10.1. The Morgan fingerprint density at radius 1 is 1.18 bits per heavy atom. The van der Waals surface area contributed by atoms with Crippen LogP contribution >= 0.6 is 15.9 Å². The molecule has 0 unspecified atom stereocenters. The Balaban J connectivity index is 2.48. The average molecular weight is 291 g/mol. The van der Waals surface area contributed by atoms with Crippen LogP contribution < -0.4 is 4.90 Å². The number of anilines is 2. The lowest BCUT2D eigenvalue weighted by Gasteiger charge is -2.25. The van der Waals surface area contributed by atoms with Crippen molar-refractivity contribution in [2.24, 2.45) is 0 Å². The van der Waals surface area contributed by atoms with Crippen LogP contribution in [0.5, 0.6) is 0 Å². The van der Waals surface area contributed by atoms with Crippen LogP contribution in [0.3, 0.4) is 0 Å². The molecule has 0 aliphatic rings. The smallest absolute Gasteiger partial charge is 0.0595 e. The number of rotatable bonds is 3. The Labute approximate surface area is 110 Å². The van der Waals surface area contributed by atoms with Gasteiger partial charge in [0.2, 0.25) is 0 Å². The van der Waals surface area contributed by atoms with Gasteiger partial charge in [-0.2, -0.15) is 0 Å². The van der Waals surface area contributed by atoms with E-state index >= 15 is 0 Å². The first kappa shape index (κ1) is 12.1. The predicted octanol–water partition coefficient (Wildman–Crippen LogP) is 4.31. The molecule has 0 amide bonds. The molecule has 1 aromatic heterocycles. The van der Waals surface area contributed by atoms with Gasteiger partial charge in [-0.1, -0.05) is 18.2 Å². The first-order valence-corrected chi connectivity index (χ1v) is 6.46. The quantitative estimate of drug-likeness (QED) is 0.837. The van der Waals surface area contributed by atoms with Gasteiger partial charge in [-0.3, -0.25) is 4.98 Å². The molecule has 17 heavy (non-hydrogen) atoms. The van der Waals surface area contributed by atoms with E-state index in [4.69, 9.17) is 0 Å². The Bertz CT molecular complexity index is 466. The van der Waals surface area contributed by atoms with Crippen LogP contribution in [0.25, 0.3) is 0 Å². The summed E-state index contributed by atoms with van der Waals surface area (Å²) in [5, 5.41) is 0. The number of para-hydroxylation sites is 1. The third-order valence-electron chi connectivity index (χ3n) is 2.76. The van der Waals surface area contributed by atoms with Crippen LogP contribution in [-0.4, -0.2) is 11.5 Å². The van der Waals surface area contributed by atoms with Gasteiger partial charge in [0.05, 0.1) is 10.2 Å². The molecule has 1 heterocycles. The Kier molecular flexibility index (Phi) is 3.79. The van der Waals surface area contributed by atoms with E-state index < -0.39 is 0 Å². The minimum absolute atomic E-state index is 0.924. The van der Waals surface area contributed by atoms with E-state index in [-0.39, 0.29) is 0 Å². The summed E-state index contributed by atoms with van der Waals surface area (Å²) in [4.78, 5) is 6.38. The number of hydrogen-bond acceptors (Lipinski definition) is 2. The van der Waals surface area contributed by atoms with E-state index in [1.807, 2.05) is 18.5 Å². The van der Waals surface area contributed by atoms with Crippen molar-refractivity contribution in [3.8, 4) is 0 Å². The van der Waals surface area contributed by atoms with Crippen molar-refractivity contribution in [2.45, 2.75) is 13.8 Å². The molecule has 2 rings (SSSR count). The summed E-state index contributed by atoms with van der Waals surface area (Å²) in [6, 6.07) is 10.4. The highest BCUT2D eigenvalue weighted by molar-refractivity contribution is 9.10. The molecule has 0 N–H and O–H groups in total. The second-order valence-corrected chi connectivity index (χ2v) is 4.71. The Hall–Kier alpha value is -1.35. The van der Waals surface area contributed by atoms with Crippen LogP contribution in [0.2, 0.25) is 0 Å². The SMILES string of the molecule is CCN(c1ccccc1C)c1ccncc1Br. The topological polar surface area (TPSA) is 16.1 Å². The zero-order chi connectivity index (χ0) is 12.3. The maximum absolute atomic E-state index is 4.10. The molecule has 2 nitrogen and oxygen atoms in total. The maximum atomic E-state index is 4.10. The van der Waals surface area contributed by atoms with Gasteiger partial charge in [-0.25, -0.2) is 0 Å². The summed E-state index contributed by atoms with van der Waals surface area (Å²) in [5.41, 5.74) is 3.66. The fraction of sp³-hybridized carbons (Fsp3) is 0.214. The second kappa shape index (κ2) is 5.32. The number of pyridine rings is 1. The van der Waals surface area contributed by atoms with E-state index in [9.17, 15) is 0 Å². The molecular weight excluding hydrogens is 276 g/mol. The molecule has 1 aromatic carbocycles. The van der Waals surface area contributed by atoms with E-state index in [2.05, 4.69) is 63.9 Å². The van der Waals surface area contributed by atoms with Gasteiger partial charge in [0.1, 0.15) is 0 Å². The summed E-state index contributed by atoms with van der Waals surface area (Å²) in [5.74, 6) is 0. The lowest BCUT2D eigenvalue weighted by Crippen LogP contribution is -2.17. The zero-order valence-electron chi connectivity index (χ0n) is 10.0. The van der Waals surface area contributed by atoms with Crippen molar-refractivity contribution in [3.05, 3.63) is 52.8 Å². The largest absolute Gasteiger partial charge is 0.341 e. The van der Waals surface area contributed by atoms with Gasteiger partial charge in [0.25, 0.3) is 0 Å².